The summed E-state index contributed by atoms with van der Waals surface area (Å²) in [7, 11) is 0. The van der Waals surface area contributed by atoms with Crippen molar-refractivity contribution in [1.29, 1.82) is 0 Å². The number of carbonyl (C=O) groups is 6. The molecule has 0 aliphatic carbocycles. The molecule has 0 heterocycles. The number of aliphatic carboxylic acids is 2. The fourth-order valence-electron chi connectivity index (χ4n) is 2.62. The third-order valence-electron chi connectivity index (χ3n) is 4.38. The van der Waals surface area contributed by atoms with E-state index < -0.39 is 78.2 Å². The van der Waals surface area contributed by atoms with Crippen LogP contribution in [-0.4, -0.2) is 81.2 Å². The fraction of sp³-hybridized carbons (Fsp3) is 0.684. The Kier molecular flexibility index (Phi) is 11.9. The van der Waals surface area contributed by atoms with Gasteiger partial charge < -0.3 is 36.6 Å². The molecule has 0 aromatic rings. The largest absolute Gasteiger partial charge is 0.481 e. The van der Waals surface area contributed by atoms with E-state index in [-0.39, 0.29) is 6.42 Å². The van der Waals surface area contributed by atoms with Crippen molar-refractivity contribution in [3.8, 4) is 0 Å². The minimum absolute atomic E-state index is 0.359. The van der Waals surface area contributed by atoms with Gasteiger partial charge in [-0.05, 0) is 26.2 Å². The number of hydrogen-bond acceptors (Lipinski definition) is 7. The molecule has 5 unspecified atom stereocenters. The van der Waals surface area contributed by atoms with Crippen molar-refractivity contribution in [2.24, 2.45) is 5.92 Å². The summed E-state index contributed by atoms with van der Waals surface area (Å²) in [6.07, 6.45) is -2.21. The average molecular weight is 460 g/mol. The van der Waals surface area contributed by atoms with Crippen molar-refractivity contribution in [2.75, 3.05) is 0 Å². The molecule has 182 valence electrons. The van der Waals surface area contributed by atoms with Gasteiger partial charge in [-0.25, -0.2) is 4.79 Å². The SMILES string of the molecule is CC(=O)NC(C)C(=O)NC(C(=O)NC(C(=O)NC(CCC(=O)O)C(=O)O)C(C)C)C(C)O. The van der Waals surface area contributed by atoms with Gasteiger partial charge in [0.15, 0.2) is 0 Å². The van der Waals surface area contributed by atoms with E-state index >= 15 is 0 Å². The number of nitrogens with one attached hydrogen (secondary N) is 4. The highest BCUT2D eigenvalue weighted by Crippen LogP contribution is 2.07. The van der Waals surface area contributed by atoms with Gasteiger partial charge in [-0.15, -0.1) is 0 Å². The molecule has 0 saturated heterocycles. The third-order valence-corrected chi connectivity index (χ3v) is 4.38. The molecule has 32 heavy (non-hydrogen) atoms. The van der Waals surface area contributed by atoms with Gasteiger partial charge in [0.1, 0.15) is 24.2 Å². The summed E-state index contributed by atoms with van der Waals surface area (Å²) in [4.78, 5) is 70.5. The Morgan fingerprint density at radius 1 is 0.750 bits per heavy atom. The highest BCUT2D eigenvalue weighted by Gasteiger charge is 2.33. The second-order valence-electron chi connectivity index (χ2n) is 7.71. The molecule has 0 bridgehead atoms. The van der Waals surface area contributed by atoms with E-state index in [2.05, 4.69) is 21.3 Å². The first-order chi connectivity index (χ1) is 14.7. The van der Waals surface area contributed by atoms with Crippen LogP contribution in [0.1, 0.15) is 47.5 Å². The molecular weight excluding hydrogens is 428 g/mol. The molecule has 0 aromatic carbocycles. The zero-order valence-electron chi connectivity index (χ0n) is 18.7. The van der Waals surface area contributed by atoms with Crippen LogP contribution >= 0.6 is 0 Å². The van der Waals surface area contributed by atoms with Crippen LogP contribution in [0.4, 0.5) is 0 Å². The number of carbonyl (C=O) groups excluding carboxylic acids is 4. The molecule has 0 saturated carbocycles. The summed E-state index contributed by atoms with van der Waals surface area (Å²) in [6.45, 7) is 6.97. The van der Waals surface area contributed by atoms with E-state index in [1.54, 1.807) is 13.8 Å². The van der Waals surface area contributed by atoms with Gasteiger partial charge in [0.25, 0.3) is 0 Å². The fourth-order valence-corrected chi connectivity index (χ4v) is 2.62. The van der Waals surface area contributed by atoms with E-state index in [0.29, 0.717) is 0 Å². The smallest absolute Gasteiger partial charge is 0.326 e. The lowest BCUT2D eigenvalue weighted by molar-refractivity contribution is -0.143. The summed E-state index contributed by atoms with van der Waals surface area (Å²) < 4.78 is 0. The maximum absolute atomic E-state index is 12.7. The standard InChI is InChI=1S/C19H32N4O9/c1-8(2)14(17(29)21-12(19(31)32)6-7-13(26)27)22-18(30)15(10(4)24)23-16(28)9(3)20-11(5)25/h8-10,12,14-15,24H,6-7H2,1-5H3,(H,20,25)(H,21,29)(H,22,30)(H,23,28)(H,26,27)(H,31,32). The van der Waals surface area contributed by atoms with Crippen LogP contribution < -0.4 is 21.3 Å². The van der Waals surface area contributed by atoms with Crippen LogP contribution in [0.2, 0.25) is 0 Å². The molecule has 0 aliphatic heterocycles. The topological polar surface area (TPSA) is 211 Å². The van der Waals surface area contributed by atoms with Crippen molar-refractivity contribution in [3.63, 3.8) is 0 Å². The van der Waals surface area contributed by atoms with E-state index in [0.717, 1.165) is 0 Å². The zero-order chi connectivity index (χ0) is 25.2. The maximum atomic E-state index is 12.7. The Morgan fingerprint density at radius 3 is 1.66 bits per heavy atom. The van der Waals surface area contributed by atoms with Crippen LogP contribution in [0.25, 0.3) is 0 Å². The summed E-state index contributed by atoms with van der Waals surface area (Å²) in [6, 6.07) is -5.17. The first kappa shape index (κ1) is 28.8. The second kappa shape index (κ2) is 13.2. The number of carboxylic acid groups (broad SMARTS) is 2. The van der Waals surface area contributed by atoms with Gasteiger partial charge in [-0.2, -0.15) is 0 Å². The lowest BCUT2D eigenvalue weighted by Gasteiger charge is -2.28. The molecule has 0 spiro atoms. The Balaban J connectivity index is 5.36. The van der Waals surface area contributed by atoms with Crippen LogP contribution in [0, 0.1) is 5.92 Å². The molecule has 7 N–H and O–H groups in total. The van der Waals surface area contributed by atoms with Gasteiger partial charge in [0, 0.05) is 13.3 Å². The molecule has 0 aromatic heterocycles. The second-order valence-corrected chi connectivity index (χ2v) is 7.71. The molecule has 5 atom stereocenters. The molecule has 13 heteroatoms. The summed E-state index contributed by atoms with van der Waals surface area (Å²) >= 11 is 0. The van der Waals surface area contributed by atoms with E-state index in [4.69, 9.17) is 5.11 Å². The van der Waals surface area contributed by atoms with Crippen LogP contribution in [0.3, 0.4) is 0 Å². The zero-order valence-corrected chi connectivity index (χ0v) is 18.7. The Morgan fingerprint density at radius 2 is 1.25 bits per heavy atom. The third kappa shape index (κ3) is 10.2. The van der Waals surface area contributed by atoms with Crippen LogP contribution in [-0.2, 0) is 28.8 Å². The van der Waals surface area contributed by atoms with Gasteiger partial charge in [-0.1, -0.05) is 13.8 Å². The van der Waals surface area contributed by atoms with Crippen molar-refractivity contribution in [1.82, 2.24) is 21.3 Å². The minimum Gasteiger partial charge on any atom is -0.481 e. The predicted octanol–water partition coefficient (Wildman–Crippen LogP) is -2.05. The van der Waals surface area contributed by atoms with E-state index in [9.17, 15) is 39.0 Å². The van der Waals surface area contributed by atoms with Gasteiger partial charge in [-0.3, -0.25) is 24.0 Å². The minimum atomic E-state index is -1.48. The summed E-state index contributed by atoms with van der Waals surface area (Å²) in [5.74, 6) is -6.18. The number of carboxylic acids is 2. The van der Waals surface area contributed by atoms with Crippen molar-refractivity contribution in [3.05, 3.63) is 0 Å². The number of rotatable bonds is 13. The van der Waals surface area contributed by atoms with Gasteiger partial charge >= 0.3 is 11.9 Å². The highest BCUT2D eigenvalue weighted by atomic mass is 16.4. The van der Waals surface area contributed by atoms with Gasteiger partial charge in [0.05, 0.1) is 6.10 Å². The first-order valence-corrected chi connectivity index (χ1v) is 9.98. The van der Waals surface area contributed by atoms with Crippen molar-refractivity contribution in [2.45, 2.75) is 77.7 Å². The number of amides is 4. The highest BCUT2D eigenvalue weighted by molar-refractivity contribution is 5.95. The molecule has 4 amide bonds. The molecule has 0 rings (SSSR count). The summed E-state index contributed by atoms with van der Waals surface area (Å²) in [5.41, 5.74) is 0. The predicted molar refractivity (Wildman–Crippen MR) is 110 cm³/mol. The lowest BCUT2D eigenvalue weighted by Crippen LogP contribution is -2.61. The molecule has 0 radical (unpaired) electrons. The number of hydrogen-bond donors (Lipinski definition) is 7. The summed E-state index contributed by atoms with van der Waals surface area (Å²) in [5, 5.41) is 37.0. The first-order valence-electron chi connectivity index (χ1n) is 9.98. The monoisotopic (exact) mass is 460 g/mol. The number of aliphatic hydroxyl groups excluding tert-OH is 1. The Bertz CT molecular complexity index is 724. The quantitative estimate of drug-likeness (QED) is 0.161. The molecule has 0 aliphatic rings. The van der Waals surface area contributed by atoms with Crippen molar-refractivity contribution >= 4 is 35.6 Å². The van der Waals surface area contributed by atoms with Gasteiger partial charge in [0.2, 0.25) is 23.6 Å². The Labute approximate surface area is 185 Å². The number of aliphatic hydroxyl groups is 1. The van der Waals surface area contributed by atoms with E-state index in [1.807, 2.05) is 0 Å². The molecule has 13 nitrogen and oxygen atoms in total. The van der Waals surface area contributed by atoms with Crippen LogP contribution in [0.5, 0.6) is 0 Å². The normalized spacial score (nSPS) is 15.5. The van der Waals surface area contributed by atoms with Crippen molar-refractivity contribution < 1.29 is 44.1 Å². The lowest BCUT2D eigenvalue weighted by atomic mass is 10.0. The molecule has 0 fully saturated rings. The van der Waals surface area contributed by atoms with E-state index in [1.165, 1.54) is 20.8 Å². The maximum Gasteiger partial charge on any atom is 0.326 e. The average Bonchev–Trinajstić information content (AvgIpc) is 2.65. The molecular formula is C19H32N4O9. The van der Waals surface area contributed by atoms with Crippen LogP contribution in [0.15, 0.2) is 0 Å². The Hall–Kier alpha value is -3.22.